The quantitative estimate of drug-likeness (QED) is 0.776. The summed E-state index contributed by atoms with van der Waals surface area (Å²) in [4.78, 5) is 0. The second-order valence-electron chi connectivity index (χ2n) is 4.10. The molecule has 0 aliphatic carbocycles. The van der Waals surface area contributed by atoms with Crippen LogP contribution in [0.25, 0.3) is 10.8 Å². The summed E-state index contributed by atoms with van der Waals surface area (Å²) < 4.78 is 21.3. The number of hydrogen-bond donors (Lipinski definition) is 0. The molecule has 4 heteroatoms. The van der Waals surface area contributed by atoms with E-state index in [4.69, 9.17) is 18.9 Å². The zero-order valence-electron chi connectivity index (χ0n) is 11.6. The van der Waals surface area contributed by atoms with Crippen LogP contribution in [-0.4, -0.2) is 28.4 Å². The van der Waals surface area contributed by atoms with E-state index in [1.165, 1.54) is 0 Å². The molecule has 2 rings (SSSR count). The Morgan fingerprint density at radius 1 is 0.737 bits per heavy atom. The molecule has 2 aromatic rings. The van der Waals surface area contributed by atoms with Gasteiger partial charge in [0.1, 0.15) is 5.75 Å². The summed E-state index contributed by atoms with van der Waals surface area (Å²) in [6.45, 7) is 0. The van der Waals surface area contributed by atoms with Crippen molar-refractivity contribution in [3.63, 3.8) is 0 Å². The lowest BCUT2D eigenvalue weighted by Crippen LogP contribution is -2.32. The van der Waals surface area contributed by atoms with E-state index in [0.29, 0.717) is 0 Å². The highest BCUT2D eigenvalue weighted by Crippen LogP contribution is 2.30. The number of hydrogen-bond acceptors (Lipinski definition) is 4. The van der Waals surface area contributed by atoms with E-state index in [1.54, 1.807) is 28.4 Å². The zero-order chi connectivity index (χ0) is 13.9. The van der Waals surface area contributed by atoms with Crippen LogP contribution in [0.2, 0.25) is 0 Å². The Bertz CT molecular complexity index is 553. The van der Waals surface area contributed by atoms with Crippen molar-refractivity contribution < 1.29 is 18.9 Å². The Hall–Kier alpha value is -1.62. The van der Waals surface area contributed by atoms with Crippen LogP contribution in [-0.2, 0) is 20.2 Å². The summed E-state index contributed by atoms with van der Waals surface area (Å²) in [7, 11) is 6.28. The maximum atomic E-state index is 5.35. The van der Waals surface area contributed by atoms with Crippen molar-refractivity contribution in [2.45, 2.75) is 5.97 Å². The van der Waals surface area contributed by atoms with Gasteiger partial charge in [0.15, 0.2) is 0 Å². The summed E-state index contributed by atoms with van der Waals surface area (Å²) in [5, 5.41) is 2.15. The van der Waals surface area contributed by atoms with E-state index in [0.717, 1.165) is 22.1 Å². The molecular formula is C15H18O4. The second kappa shape index (κ2) is 5.57. The molecular weight excluding hydrogens is 244 g/mol. The van der Waals surface area contributed by atoms with Crippen LogP contribution in [0, 0.1) is 0 Å². The van der Waals surface area contributed by atoms with Gasteiger partial charge in [-0.2, -0.15) is 0 Å². The van der Waals surface area contributed by atoms with Gasteiger partial charge >= 0.3 is 5.97 Å². The maximum Gasteiger partial charge on any atom is 0.311 e. The van der Waals surface area contributed by atoms with Crippen molar-refractivity contribution in [1.29, 1.82) is 0 Å². The molecule has 0 bridgehead atoms. The molecule has 0 amide bonds. The molecule has 102 valence electrons. The standard InChI is InChI=1S/C15H18O4/c1-16-14-8-6-11-5-7-13(9-12(11)10-14)15(17-2,18-3)19-4/h5-10H,1-4H3. The first-order valence-corrected chi connectivity index (χ1v) is 5.93. The summed E-state index contributed by atoms with van der Waals surface area (Å²) in [6, 6.07) is 11.8. The summed E-state index contributed by atoms with van der Waals surface area (Å²) in [6.07, 6.45) is 0. The predicted molar refractivity (Wildman–Crippen MR) is 73.2 cm³/mol. The number of methoxy groups -OCH3 is 4. The first-order valence-electron chi connectivity index (χ1n) is 5.93. The van der Waals surface area contributed by atoms with Crippen molar-refractivity contribution in [3.05, 3.63) is 42.0 Å². The van der Waals surface area contributed by atoms with Crippen molar-refractivity contribution in [2.24, 2.45) is 0 Å². The fourth-order valence-corrected chi connectivity index (χ4v) is 2.15. The van der Waals surface area contributed by atoms with E-state index in [1.807, 2.05) is 36.4 Å². The Morgan fingerprint density at radius 3 is 1.95 bits per heavy atom. The molecule has 19 heavy (non-hydrogen) atoms. The molecule has 0 saturated carbocycles. The number of benzene rings is 2. The monoisotopic (exact) mass is 262 g/mol. The molecule has 0 fully saturated rings. The Kier molecular flexibility index (Phi) is 4.04. The maximum absolute atomic E-state index is 5.35. The topological polar surface area (TPSA) is 36.9 Å². The van der Waals surface area contributed by atoms with Gasteiger partial charge in [0.25, 0.3) is 0 Å². The van der Waals surface area contributed by atoms with E-state index in [2.05, 4.69) is 0 Å². The summed E-state index contributed by atoms with van der Waals surface area (Å²) >= 11 is 0. The van der Waals surface area contributed by atoms with Crippen LogP contribution < -0.4 is 4.74 Å². The van der Waals surface area contributed by atoms with Gasteiger partial charge in [-0.1, -0.05) is 18.2 Å². The third kappa shape index (κ3) is 2.42. The number of ether oxygens (including phenoxy) is 4. The minimum atomic E-state index is -1.18. The highest BCUT2D eigenvalue weighted by molar-refractivity contribution is 5.84. The lowest BCUT2D eigenvalue weighted by atomic mass is 10.1. The van der Waals surface area contributed by atoms with Crippen LogP contribution >= 0.6 is 0 Å². The van der Waals surface area contributed by atoms with Gasteiger partial charge in [0.2, 0.25) is 0 Å². The van der Waals surface area contributed by atoms with Crippen molar-refractivity contribution >= 4 is 10.8 Å². The molecule has 4 nitrogen and oxygen atoms in total. The molecule has 0 radical (unpaired) electrons. The first kappa shape index (κ1) is 13.8. The molecule has 0 saturated heterocycles. The molecule has 0 atom stereocenters. The molecule has 0 aliphatic heterocycles. The SMILES string of the molecule is COc1ccc2ccc(C(OC)(OC)OC)cc2c1. The van der Waals surface area contributed by atoms with Crippen LogP contribution in [0.15, 0.2) is 36.4 Å². The molecule has 0 N–H and O–H groups in total. The molecule has 0 aliphatic rings. The van der Waals surface area contributed by atoms with E-state index < -0.39 is 5.97 Å². The molecule has 0 unspecified atom stereocenters. The van der Waals surface area contributed by atoms with Crippen LogP contribution in [0.3, 0.4) is 0 Å². The van der Waals surface area contributed by atoms with Crippen LogP contribution in [0.5, 0.6) is 5.75 Å². The van der Waals surface area contributed by atoms with Crippen molar-refractivity contribution in [1.82, 2.24) is 0 Å². The van der Waals surface area contributed by atoms with Crippen molar-refractivity contribution in [2.75, 3.05) is 28.4 Å². The van der Waals surface area contributed by atoms with Crippen LogP contribution in [0.4, 0.5) is 0 Å². The number of fused-ring (bicyclic) bond motifs is 1. The fraction of sp³-hybridized carbons (Fsp3) is 0.333. The Labute approximate surface area is 112 Å². The predicted octanol–water partition coefficient (Wildman–Crippen LogP) is 2.90. The molecule has 0 heterocycles. The number of rotatable bonds is 5. The van der Waals surface area contributed by atoms with Crippen molar-refractivity contribution in [3.8, 4) is 5.75 Å². The summed E-state index contributed by atoms with van der Waals surface area (Å²) in [5.41, 5.74) is 0.792. The van der Waals surface area contributed by atoms with Crippen LogP contribution in [0.1, 0.15) is 5.56 Å². The highest BCUT2D eigenvalue weighted by Gasteiger charge is 2.32. The second-order valence-corrected chi connectivity index (χ2v) is 4.10. The van der Waals surface area contributed by atoms with Gasteiger partial charge in [-0.3, -0.25) is 0 Å². The average Bonchev–Trinajstić information content (AvgIpc) is 2.49. The van der Waals surface area contributed by atoms with E-state index >= 15 is 0 Å². The Morgan fingerprint density at radius 2 is 1.37 bits per heavy atom. The Balaban J connectivity index is 2.56. The normalized spacial score (nSPS) is 11.8. The van der Waals surface area contributed by atoms with E-state index in [-0.39, 0.29) is 0 Å². The smallest absolute Gasteiger partial charge is 0.311 e. The van der Waals surface area contributed by atoms with Gasteiger partial charge in [-0.05, 0) is 29.0 Å². The lowest BCUT2D eigenvalue weighted by Gasteiger charge is -2.29. The zero-order valence-corrected chi connectivity index (χ0v) is 11.6. The van der Waals surface area contributed by atoms with Gasteiger partial charge < -0.3 is 18.9 Å². The highest BCUT2D eigenvalue weighted by atomic mass is 16.9. The largest absolute Gasteiger partial charge is 0.497 e. The van der Waals surface area contributed by atoms with Gasteiger partial charge in [0.05, 0.1) is 7.11 Å². The molecule has 0 aromatic heterocycles. The average molecular weight is 262 g/mol. The fourth-order valence-electron chi connectivity index (χ4n) is 2.15. The van der Waals surface area contributed by atoms with Gasteiger partial charge in [-0.15, -0.1) is 0 Å². The first-order chi connectivity index (χ1) is 9.19. The summed E-state index contributed by atoms with van der Waals surface area (Å²) in [5.74, 6) is -0.375. The minimum absolute atomic E-state index is 0.792. The third-order valence-electron chi connectivity index (χ3n) is 3.21. The molecule has 2 aromatic carbocycles. The third-order valence-corrected chi connectivity index (χ3v) is 3.21. The molecule has 0 spiro atoms. The minimum Gasteiger partial charge on any atom is -0.497 e. The lowest BCUT2D eigenvalue weighted by molar-refractivity contribution is -0.364. The van der Waals surface area contributed by atoms with Gasteiger partial charge in [0, 0.05) is 26.9 Å². The van der Waals surface area contributed by atoms with Gasteiger partial charge in [-0.25, -0.2) is 0 Å². The van der Waals surface area contributed by atoms with E-state index in [9.17, 15) is 0 Å².